The number of halogens is 1. The lowest BCUT2D eigenvalue weighted by Gasteiger charge is -1.95. The van der Waals surface area contributed by atoms with Gasteiger partial charge in [-0.3, -0.25) is 4.98 Å². The molecule has 0 atom stereocenters. The molecule has 0 saturated carbocycles. The summed E-state index contributed by atoms with van der Waals surface area (Å²) < 4.78 is 0.979. The fourth-order valence-corrected chi connectivity index (χ4v) is 0.985. The highest BCUT2D eigenvalue weighted by molar-refractivity contribution is 9.10. The van der Waals surface area contributed by atoms with Gasteiger partial charge in [0.2, 0.25) is 0 Å². The molecule has 0 aliphatic rings. The lowest BCUT2D eigenvalue weighted by atomic mass is 10.4. The van der Waals surface area contributed by atoms with E-state index in [9.17, 15) is 0 Å². The molecule has 0 amide bonds. The number of hydrogen-bond donors (Lipinski definition) is 1. The predicted molar refractivity (Wildman–Crippen MR) is 39.8 cm³/mol. The molecule has 1 heterocycles. The summed E-state index contributed by atoms with van der Waals surface area (Å²) in [5.41, 5.74) is 6.26. The van der Waals surface area contributed by atoms with Gasteiger partial charge in [-0.25, -0.2) is 0 Å². The van der Waals surface area contributed by atoms with E-state index in [1.54, 1.807) is 6.20 Å². The first-order valence-electron chi connectivity index (χ1n) is 2.64. The quantitative estimate of drug-likeness (QED) is 0.719. The molecule has 0 spiro atoms. The third-order valence-electron chi connectivity index (χ3n) is 1.03. The van der Waals surface area contributed by atoms with E-state index < -0.39 is 0 Å². The van der Waals surface area contributed by atoms with Crippen molar-refractivity contribution in [1.82, 2.24) is 4.98 Å². The van der Waals surface area contributed by atoms with Gasteiger partial charge in [0, 0.05) is 17.2 Å². The van der Waals surface area contributed by atoms with Gasteiger partial charge in [-0.1, -0.05) is 0 Å². The number of nitrogens with two attached hydrogens (primary N) is 1. The maximum atomic E-state index is 5.36. The summed E-state index contributed by atoms with van der Waals surface area (Å²) in [4.78, 5) is 4.02. The van der Waals surface area contributed by atoms with Crippen molar-refractivity contribution in [2.75, 3.05) is 0 Å². The lowest BCUT2D eigenvalue weighted by molar-refractivity contribution is 0.979. The molecule has 1 aromatic heterocycles. The highest BCUT2D eigenvalue weighted by atomic mass is 79.9. The maximum absolute atomic E-state index is 5.36. The summed E-state index contributed by atoms with van der Waals surface area (Å²) in [6.45, 7) is 0.488. The van der Waals surface area contributed by atoms with Crippen molar-refractivity contribution in [3.63, 3.8) is 0 Å². The molecule has 0 aromatic carbocycles. The average molecular weight is 187 g/mol. The van der Waals surface area contributed by atoms with E-state index in [-0.39, 0.29) is 0 Å². The van der Waals surface area contributed by atoms with Crippen LogP contribution in [-0.2, 0) is 6.54 Å². The molecule has 3 heteroatoms. The Balaban J connectivity index is 3.01. The second-order valence-electron chi connectivity index (χ2n) is 1.64. The smallest absolute Gasteiger partial charge is 0.0681 e. The Morgan fingerprint density at radius 3 is 2.89 bits per heavy atom. The molecule has 2 N–H and O–H groups in total. The molecule has 0 radical (unpaired) electrons. The second-order valence-corrected chi connectivity index (χ2v) is 2.49. The molecule has 0 aliphatic carbocycles. The number of hydrogen-bond acceptors (Lipinski definition) is 2. The number of rotatable bonds is 1. The SMILES string of the molecule is NCc1ncccc1Br. The van der Waals surface area contributed by atoms with Crippen LogP contribution in [0, 0.1) is 0 Å². The van der Waals surface area contributed by atoms with Crippen LogP contribution < -0.4 is 5.73 Å². The molecule has 9 heavy (non-hydrogen) atoms. The molecular formula is C6H7BrN2. The standard InChI is InChI=1S/C6H7BrN2/c7-5-2-1-3-9-6(5)4-8/h1-3H,4,8H2. The Morgan fingerprint density at radius 1 is 1.67 bits per heavy atom. The van der Waals surface area contributed by atoms with Crippen molar-refractivity contribution in [2.24, 2.45) is 5.73 Å². The van der Waals surface area contributed by atoms with Crippen molar-refractivity contribution < 1.29 is 0 Å². The van der Waals surface area contributed by atoms with Gasteiger partial charge in [-0.2, -0.15) is 0 Å². The number of aromatic nitrogens is 1. The Bertz CT molecular complexity index is 200. The molecule has 0 bridgehead atoms. The molecule has 0 unspecified atom stereocenters. The zero-order chi connectivity index (χ0) is 6.69. The number of nitrogens with zero attached hydrogens (tertiary/aromatic N) is 1. The zero-order valence-corrected chi connectivity index (χ0v) is 6.43. The van der Waals surface area contributed by atoms with Crippen LogP contribution in [0.25, 0.3) is 0 Å². The van der Waals surface area contributed by atoms with E-state index in [2.05, 4.69) is 20.9 Å². The van der Waals surface area contributed by atoms with Gasteiger partial charge in [0.15, 0.2) is 0 Å². The van der Waals surface area contributed by atoms with Crippen molar-refractivity contribution in [1.29, 1.82) is 0 Å². The molecule has 2 nitrogen and oxygen atoms in total. The molecular weight excluding hydrogens is 180 g/mol. The highest BCUT2D eigenvalue weighted by Gasteiger charge is 1.93. The predicted octanol–water partition coefficient (Wildman–Crippen LogP) is 1.30. The first-order valence-corrected chi connectivity index (χ1v) is 3.43. The maximum Gasteiger partial charge on any atom is 0.0681 e. The van der Waals surface area contributed by atoms with E-state index in [4.69, 9.17) is 5.73 Å². The van der Waals surface area contributed by atoms with Crippen LogP contribution in [-0.4, -0.2) is 4.98 Å². The van der Waals surface area contributed by atoms with Gasteiger partial charge in [0.05, 0.1) is 5.69 Å². The zero-order valence-electron chi connectivity index (χ0n) is 4.84. The van der Waals surface area contributed by atoms with Crippen LogP contribution in [0.3, 0.4) is 0 Å². The summed E-state index contributed by atoms with van der Waals surface area (Å²) in [6, 6.07) is 3.79. The van der Waals surface area contributed by atoms with Crippen molar-refractivity contribution in [3.8, 4) is 0 Å². The minimum atomic E-state index is 0.488. The third kappa shape index (κ3) is 1.50. The van der Waals surface area contributed by atoms with Crippen LogP contribution in [0.15, 0.2) is 22.8 Å². The normalized spacial score (nSPS) is 9.56. The van der Waals surface area contributed by atoms with Crippen molar-refractivity contribution in [2.45, 2.75) is 6.54 Å². The van der Waals surface area contributed by atoms with Crippen LogP contribution >= 0.6 is 15.9 Å². The fraction of sp³-hybridized carbons (Fsp3) is 0.167. The van der Waals surface area contributed by atoms with E-state index in [1.165, 1.54) is 0 Å². The van der Waals surface area contributed by atoms with Gasteiger partial charge in [0.25, 0.3) is 0 Å². The van der Waals surface area contributed by atoms with Crippen molar-refractivity contribution >= 4 is 15.9 Å². The summed E-state index contributed by atoms with van der Waals surface area (Å²) in [5.74, 6) is 0. The monoisotopic (exact) mass is 186 g/mol. The first-order chi connectivity index (χ1) is 4.34. The molecule has 0 saturated heterocycles. The van der Waals surface area contributed by atoms with Gasteiger partial charge in [-0.15, -0.1) is 0 Å². The van der Waals surface area contributed by atoms with Crippen LogP contribution in [0.5, 0.6) is 0 Å². The molecule has 48 valence electrons. The largest absolute Gasteiger partial charge is 0.325 e. The molecule has 1 aromatic rings. The Morgan fingerprint density at radius 2 is 2.44 bits per heavy atom. The summed E-state index contributed by atoms with van der Waals surface area (Å²) in [7, 11) is 0. The Labute approximate surface area is 62.2 Å². The minimum absolute atomic E-state index is 0.488. The van der Waals surface area contributed by atoms with Crippen LogP contribution in [0.4, 0.5) is 0 Å². The van der Waals surface area contributed by atoms with Gasteiger partial charge in [0.1, 0.15) is 0 Å². The lowest BCUT2D eigenvalue weighted by Crippen LogP contribution is -1.99. The van der Waals surface area contributed by atoms with Gasteiger partial charge < -0.3 is 5.73 Å². The molecule has 0 fully saturated rings. The molecule has 1 rings (SSSR count). The molecule has 0 aliphatic heterocycles. The Hall–Kier alpha value is -0.410. The fourth-order valence-electron chi connectivity index (χ4n) is 0.569. The van der Waals surface area contributed by atoms with Gasteiger partial charge in [-0.05, 0) is 28.1 Å². The summed E-state index contributed by atoms with van der Waals surface area (Å²) >= 11 is 3.31. The summed E-state index contributed by atoms with van der Waals surface area (Å²) in [6.07, 6.45) is 1.73. The van der Waals surface area contributed by atoms with E-state index in [1.807, 2.05) is 12.1 Å². The Kier molecular flexibility index (Phi) is 2.19. The van der Waals surface area contributed by atoms with E-state index >= 15 is 0 Å². The van der Waals surface area contributed by atoms with Crippen LogP contribution in [0.2, 0.25) is 0 Å². The van der Waals surface area contributed by atoms with E-state index in [0.29, 0.717) is 6.54 Å². The third-order valence-corrected chi connectivity index (χ3v) is 1.75. The van der Waals surface area contributed by atoms with Crippen LogP contribution in [0.1, 0.15) is 5.69 Å². The minimum Gasteiger partial charge on any atom is -0.325 e. The second kappa shape index (κ2) is 2.94. The average Bonchev–Trinajstić information content (AvgIpc) is 1.89. The van der Waals surface area contributed by atoms with Crippen molar-refractivity contribution in [3.05, 3.63) is 28.5 Å². The van der Waals surface area contributed by atoms with E-state index in [0.717, 1.165) is 10.2 Å². The first kappa shape index (κ1) is 6.71. The summed E-state index contributed by atoms with van der Waals surface area (Å²) in [5, 5.41) is 0. The van der Waals surface area contributed by atoms with Gasteiger partial charge >= 0.3 is 0 Å². The highest BCUT2D eigenvalue weighted by Crippen LogP contribution is 2.11. The number of pyridine rings is 1. The topological polar surface area (TPSA) is 38.9 Å².